The summed E-state index contributed by atoms with van der Waals surface area (Å²) in [5.74, 6) is -0.820. The fourth-order valence-corrected chi connectivity index (χ4v) is 3.76. The third kappa shape index (κ3) is 4.02. The van der Waals surface area contributed by atoms with Gasteiger partial charge in [-0.15, -0.1) is 0 Å². The predicted octanol–water partition coefficient (Wildman–Crippen LogP) is 2.04. The monoisotopic (exact) mass is 371 g/mol. The van der Waals surface area contributed by atoms with Crippen LogP contribution in [0, 0.1) is 6.92 Å². The minimum atomic E-state index is -0.628. The van der Waals surface area contributed by atoms with Gasteiger partial charge in [0.05, 0.1) is 17.2 Å². The van der Waals surface area contributed by atoms with Gasteiger partial charge in [-0.3, -0.25) is 19.0 Å². The number of benzene rings is 1. The van der Waals surface area contributed by atoms with Gasteiger partial charge in [0.25, 0.3) is 11.5 Å². The lowest BCUT2D eigenvalue weighted by atomic mass is 9.97. The van der Waals surface area contributed by atoms with Gasteiger partial charge in [0.1, 0.15) is 6.54 Å². The van der Waals surface area contributed by atoms with Crippen molar-refractivity contribution in [1.29, 1.82) is 0 Å². The van der Waals surface area contributed by atoms with Crippen molar-refractivity contribution in [2.75, 3.05) is 6.61 Å². The molecular formula is C20H25N3O4. The maximum Gasteiger partial charge on any atom is 0.326 e. The van der Waals surface area contributed by atoms with Gasteiger partial charge in [0.2, 0.25) is 0 Å². The molecule has 1 aromatic heterocycles. The number of aryl methyl sites for hydroxylation is 1. The zero-order valence-electron chi connectivity index (χ0n) is 16.0. The highest BCUT2D eigenvalue weighted by Gasteiger charge is 2.29. The smallest absolute Gasteiger partial charge is 0.326 e. The summed E-state index contributed by atoms with van der Waals surface area (Å²) in [6, 6.07) is 5.64. The van der Waals surface area contributed by atoms with Crippen molar-refractivity contribution in [3.8, 4) is 0 Å². The van der Waals surface area contributed by atoms with Crippen LogP contribution < -0.4 is 5.56 Å². The molecular weight excluding hydrogens is 346 g/mol. The van der Waals surface area contributed by atoms with Crippen LogP contribution in [0.25, 0.3) is 10.9 Å². The summed E-state index contributed by atoms with van der Waals surface area (Å²) in [7, 11) is 0. The van der Waals surface area contributed by atoms with Crippen LogP contribution in [0.3, 0.4) is 0 Å². The number of hydrogen-bond acceptors (Lipinski definition) is 5. The molecule has 0 radical (unpaired) electrons. The maximum absolute atomic E-state index is 12.5. The van der Waals surface area contributed by atoms with Gasteiger partial charge >= 0.3 is 5.97 Å². The number of ether oxygens (including phenoxy) is 1. The van der Waals surface area contributed by atoms with Gasteiger partial charge in [-0.1, -0.05) is 12.1 Å². The second-order valence-electron chi connectivity index (χ2n) is 7.24. The molecule has 0 spiro atoms. The SMILES string of the molecule is Cc1cccc2c(=O)n(CC(=O)OCC(=O)N3C(C)CCCC3C)cnc12. The first-order valence-electron chi connectivity index (χ1n) is 9.30. The number of amides is 1. The van der Waals surface area contributed by atoms with Gasteiger partial charge in [-0.25, -0.2) is 4.98 Å². The van der Waals surface area contributed by atoms with Gasteiger partial charge in [0, 0.05) is 12.1 Å². The van der Waals surface area contributed by atoms with Crippen LogP contribution >= 0.6 is 0 Å². The molecule has 0 N–H and O–H groups in total. The summed E-state index contributed by atoms with van der Waals surface area (Å²) >= 11 is 0. The number of hydrogen-bond donors (Lipinski definition) is 0. The maximum atomic E-state index is 12.5. The van der Waals surface area contributed by atoms with E-state index < -0.39 is 5.97 Å². The van der Waals surface area contributed by atoms with Crippen molar-refractivity contribution in [1.82, 2.24) is 14.5 Å². The third-order valence-corrected chi connectivity index (χ3v) is 5.19. The number of rotatable bonds is 4. The summed E-state index contributed by atoms with van der Waals surface area (Å²) in [6.07, 6.45) is 4.36. The van der Waals surface area contributed by atoms with Crippen LogP contribution in [0.4, 0.5) is 0 Å². The van der Waals surface area contributed by atoms with Crippen LogP contribution in [0.1, 0.15) is 38.7 Å². The Bertz CT molecular complexity index is 911. The summed E-state index contributed by atoms with van der Waals surface area (Å²) in [6.45, 7) is 5.33. The molecule has 7 heteroatoms. The third-order valence-electron chi connectivity index (χ3n) is 5.19. The zero-order valence-corrected chi connectivity index (χ0v) is 16.0. The van der Waals surface area contributed by atoms with Gasteiger partial charge in [0.15, 0.2) is 6.61 Å². The average Bonchev–Trinajstić information content (AvgIpc) is 2.63. The first-order chi connectivity index (χ1) is 12.9. The molecule has 1 aromatic carbocycles. The molecule has 0 aliphatic carbocycles. The Morgan fingerprint density at radius 1 is 1.22 bits per heavy atom. The summed E-state index contributed by atoms with van der Waals surface area (Å²) < 4.78 is 6.34. The average molecular weight is 371 g/mol. The van der Waals surface area contributed by atoms with Crippen molar-refractivity contribution >= 4 is 22.8 Å². The Labute approximate surface area is 157 Å². The van der Waals surface area contributed by atoms with E-state index in [9.17, 15) is 14.4 Å². The molecule has 27 heavy (non-hydrogen) atoms. The van der Waals surface area contributed by atoms with E-state index in [4.69, 9.17) is 4.74 Å². The first-order valence-corrected chi connectivity index (χ1v) is 9.30. The highest BCUT2D eigenvalue weighted by Crippen LogP contribution is 2.22. The number of piperidine rings is 1. The van der Waals surface area contributed by atoms with E-state index in [0.29, 0.717) is 10.9 Å². The van der Waals surface area contributed by atoms with Crippen molar-refractivity contribution in [3.05, 3.63) is 40.4 Å². The molecule has 1 aliphatic heterocycles. The fraction of sp³-hybridized carbons (Fsp3) is 0.500. The van der Waals surface area contributed by atoms with Gasteiger partial charge in [-0.05, 0) is 51.7 Å². The number of aromatic nitrogens is 2. The normalized spacial score (nSPS) is 19.9. The van der Waals surface area contributed by atoms with E-state index in [2.05, 4.69) is 4.98 Å². The highest BCUT2D eigenvalue weighted by molar-refractivity contribution is 5.82. The lowest BCUT2D eigenvalue weighted by molar-refractivity contribution is -0.155. The number of esters is 1. The minimum absolute atomic E-state index is 0.149. The Kier molecular flexibility index (Phi) is 5.58. The molecule has 1 aliphatic rings. The standard InChI is InChI=1S/C20H25N3O4/c1-13-6-4-9-16-19(13)21-12-22(20(16)26)10-18(25)27-11-17(24)23-14(2)7-5-8-15(23)3/h4,6,9,12,14-15H,5,7-8,10-11H2,1-3H3. The number of likely N-dealkylation sites (tertiary alicyclic amines) is 1. The van der Waals surface area contributed by atoms with E-state index in [1.165, 1.54) is 10.9 Å². The predicted molar refractivity (Wildman–Crippen MR) is 101 cm³/mol. The molecule has 2 atom stereocenters. The zero-order chi connectivity index (χ0) is 19.6. The molecule has 2 aromatic rings. The quantitative estimate of drug-likeness (QED) is 0.768. The number of carbonyl (C=O) groups excluding carboxylic acids is 2. The van der Waals surface area contributed by atoms with Gasteiger partial charge < -0.3 is 9.64 Å². The van der Waals surface area contributed by atoms with Crippen molar-refractivity contribution < 1.29 is 14.3 Å². The van der Waals surface area contributed by atoms with Gasteiger partial charge in [-0.2, -0.15) is 0 Å². The largest absolute Gasteiger partial charge is 0.454 e. The van der Waals surface area contributed by atoms with Crippen LogP contribution in [0.5, 0.6) is 0 Å². The van der Waals surface area contributed by atoms with Crippen LogP contribution in [-0.2, 0) is 20.9 Å². The summed E-state index contributed by atoms with van der Waals surface area (Å²) in [5.41, 5.74) is 1.22. The van der Waals surface area contributed by atoms with E-state index in [1.54, 1.807) is 17.0 Å². The lowest BCUT2D eigenvalue weighted by Gasteiger charge is -2.38. The molecule has 1 amide bonds. The molecule has 1 fully saturated rings. The fourth-order valence-electron chi connectivity index (χ4n) is 3.76. The molecule has 144 valence electrons. The van der Waals surface area contributed by atoms with E-state index in [-0.39, 0.29) is 36.7 Å². The molecule has 0 bridgehead atoms. The number of fused-ring (bicyclic) bond motifs is 1. The van der Waals surface area contributed by atoms with E-state index >= 15 is 0 Å². The number of carbonyl (C=O) groups is 2. The van der Waals surface area contributed by atoms with Crippen molar-refractivity contribution in [3.63, 3.8) is 0 Å². The lowest BCUT2D eigenvalue weighted by Crippen LogP contribution is -2.49. The molecule has 2 unspecified atom stereocenters. The van der Waals surface area contributed by atoms with Crippen molar-refractivity contribution in [2.45, 2.75) is 58.7 Å². The van der Waals surface area contributed by atoms with E-state index in [1.807, 2.05) is 26.8 Å². The minimum Gasteiger partial charge on any atom is -0.454 e. The second-order valence-corrected chi connectivity index (χ2v) is 7.24. The topological polar surface area (TPSA) is 81.5 Å². The summed E-state index contributed by atoms with van der Waals surface area (Å²) in [4.78, 5) is 43.1. The molecule has 3 rings (SSSR count). The number of para-hydroxylation sites is 1. The van der Waals surface area contributed by atoms with Crippen LogP contribution in [0.15, 0.2) is 29.3 Å². The Balaban J connectivity index is 1.64. The Hall–Kier alpha value is -2.70. The molecule has 2 heterocycles. The van der Waals surface area contributed by atoms with E-state index in [0.717, 1.165) is 24.8 Å². The second kappa shape index (κ2) is 7.90. The Morgan fingerprint density at radius 3 is 2.63 bits per heavy atom. The first kappa shape index (κ1) is 19.1. The Morgan fingerprint density at radius 2 is 1.93 bits per heavy atom. The summed E-state index contributed by atoms with van der Waals surface area (Å²) in [5, 5.41) is 0.456. The van der Waals surface area contributed by atoms with Crippen LogP contribution in [-0.4, -0.2) is 45.0 Å². The molecule has 0 saturated carbocycles. The number of nitrogens with zero attached hydrogens (tertiary/aromatic N) is 3. The van der Waals surface area contributed by atoms with Crippen LogP contribution in [0.2, 0.25) is 0 Å². The molecule has 7 nitrogen and oxygen atoms in total. The van der Waals surface area contributed by atoms with Crippen molar-refractivity contribution in [2.24, 2.45) is 0 Å². The molecule has 1 saturated heterocycles. The highest BCUT2D eigenvalue weighted by atomic mass is 16.5.